The number of amides is 1. The molecule has 4 nitrogen and oxygen atoms in total. The smallest absolute Gasteiger partial charge is 0.303 e. The van der Waals surface area contributed by atoms with E-state index in [9.17, 15) is 9.59 Å². The van der Waals surface area contributed by atoms with Crippen LogP contribution in [0.2, 0.25) is 0 Å². The van der Waals surface area contributed by atoms with Gasteiger partial charge in [0.1, 0.15) is 0 Å². The van der Waals surface area contributed by atoms with E-state index >= 15 is 0 Å². The highest BCUT2D eigenvalue weighted by Crippen LogP contribution is 2.25. The first kappa shape index (κ1) is 16.0. The van der Waals surface area contributed by atoms with Gasteiger partial charge in [-0.05, 0) is 33.1 Å². The minimum Gasteiger partial charge on any atom is -0.481 e. The Bertz CT molecular complexity index is 294. The molecule has 0 bridgehead atoms. The monoisotopic (exact) mass is 269 g/mol. The Hall–Kier alpha value is -1.06. The van der Waals surface area contributed by atoms with E-state index in [1.807, 2.05) is 18.7 Å². The molecule has 1 amide bonds. The second-order valence-electron chi connectivity index (χ2n) is 5.81. The molecule has 110 valence electrons. The molecule has 0 aromatic rings. The molecule has 1 aliphatic rings. The van der Waals surface area contributed by atoms with Gasteiger partial charge in [-0.1, -0.05) is 25.7 Å². The van der Waals surface area contributed by atoms with Crippen molar-refractivity contribution in [2.75, 3.05) is 6.54 Å². The highest BCUT2D eigenvalue weighted by atomic mass is 16.4. The summed E-state index contributed by atoms with van der Waals surface area (Å²) in [6.45, 7) is 4.59. The highest BCUT2D eigenvalue weighted by molar-refractivity contribution is 5.79. The van der Waals surface area contributed by atoms with Gasteiger partial charge in [0.25, 0.3) is 0 Å². The maximum absolute atomic E-state index is 12.5. The molecule has 1 aliphatic carbocycles. The van der Waals surface area contributed by atoms with Crippen LogP contribution in [0.4, 0.5) is 0 Å². The lowest BCUT2D eigenvalue weighted by atomic mass is 9.98. The third-order valence-electron chi connectivity index (χ3n) is 3.90. The molecule has 1 saturated carbocycles. The van der Waals surface area contributed by atoms with Gasteiger partial charge >= 0.3 is 5.97 Å². The Kier molecular flexibility index (Phi) is 6.89. The van der Waals surface area contributed by atoms with Crippen molar-refractivity contribution in [3.8, 4) is 0 Å². The van der Waals surface area contributed by atoms with Gasteiger partial charge < -0.3 is 10.0 Å². The molecule has 1 rings (SSSR count). The summed E-state index contributed by atoms with van der Waals surface area (Å²) in [4.78, 5) is 25.0. The van der Waals surface area contributed by atoms with Crippen LogP contribution in [0.25, 0.3) is 0 Å². The van der Waals surface area contributed by atoms with Crippen molar-refractivity contribution < 1.29 is 14.7 Å². The Morgan fingerprint density at radius 2 is 1.74 bits per heavy atom. The topological polar surface area (TPSA) is 57.6 Å². The number of aliphatic carboxylic acids is 1. The maximum Gasteiger partial charge on any atom is 0.303 e. The number of rotatable bonds is 6. The van der Waals surface area contributed by atoms with Crippen molar-refractivity contribution >= 4 is 11.9 Å². The number of carbonyl (C=O) groups excluding carboxylic acids is 1. The van der Waals surface area contributed by atoms with E-state index in [2.05, 4.69) is 0 Å². The van der Waals surface area contributed by atoms with Crippen molar-refractivity contribution in [1.82, 2.24) is 4.90 Å². The summed E-state index contributed by atoms with van der Waals surface area (Å²) < 4.78 is 0. The number of carbonyl (C=O) groups is 2. The first-order valence-electron chi connectivity index (χ1n) is 7.54. The fourth-order valence-corrected chi connectivity index (χ4v) is 2.78. The molecule has 4 heteroatoms. The van der Waals surface area contributed by atoms with Crippen LogP contribution >= 0.6 is 0 Å². The summed E-state index contributed by atoms with van der Waals surface area (Å²) in [5, 5.41) is 8.69. The van der Waals surface area contributed by atoms with E-state index in [1.165, 1.54) is 12.8 Å². The summed E-state index contributed by atoms with van der Waals surface area (Å²) in [6, 6.07) is 0.157. The molecular formula is C15H27NO3. The van der Waals surface area contributed by atoms with E-state index < -0.39 is 5.97 Å². The highest BCUT2D eigenvalue weighted by Gasteiger charge is 2.26. The van der Waals surface area contributed by atoms with Crippen molar-refractivity contribution in [3.63, 3.8) is 0 Å². The van der Waals surface area contributed by atoms with Gasteiger partial charge in [0.05, 0.1) is 0 Å². The molecule has 19 heavy (non-hydrogen) atoms. The van der Waals surface area contributed by atoms with E-state index in [0.717, 1.165) is 25.7 Å². The van der Waals surface area contributed by atoms with Crippen molar-refractivity contribution in [2.45, 2.75) is 71.3 Å². The lowest BCUT2D eigenvalue weighted by Crippen LogP contribution is -2.41. The van der Waals surface area contributed by atoms with E-state index in [-0.39, 0.29) is 24.3 Å². The van der Waals surface area contributed by atoms with Gasteiger partial charge in [0, 0.05) is 24.9 Å². The van der Waals surface area contributed by atoms with E-state index in [1.54, 1.807) is 0 Å². The number of hydrogen-bond donors (Lipinski definition) is 1. The molecule has 0 aromatic heterocycles. The Labute approximate surface area is 116 Å². The average Bonchev–Trinajstić information content (AvgIpc) is 2.61. The molecular weight excluding hydrogens is 242 g/mol. The van der Waals surface area contributed by atoms with Crippen LogP contribution in [0.5, 0.6) is 0 Å². The van der Waals surface area contributed by atoms with Crippen LogP contribution in [-0.4, -0.2) is 34.5 Å². The van der Waals surface area contributed by atoms with Gasteiger partial charge in [0.2, 0.25) is 5.91 Å². The van der Waals surface area contributed by atoms with E-state index in [0.29, 0.717) is 13.0 Å². The number of carboxylic acids is 1. The molecule has 0 heterocycles. The SMILES string of the molecule is CC(C)N(CCCC(=O)O)C(=O)C1CCCCCC1. The Morgan fingerprint density at radius 1 is 1.16 bits per heavy atom. The average molecular weight is 269 g/mol. The summed E-state index contributed by atoms with van der Waals surface area (Å²) >= 11 is 0. The van der Waals surface area contributed by atoms with Crippen LogP contribution in [0, 0.1) is 5.92 Å². The van der Waals surface area contributed by atoms with Crippen LogP contribution < -0.4 is 0 Å². The van der Waals surface area contributed by atoms with Gasteiger partial charge in [0.15, 0.2) is 0 Å². The van der Waals surface area contributed by atoms with Crippen LogP contribution in [0.15, 0.2) is 0 Å². The second kappa shape index (κ2) is 8.18. The van der Waals surface area contributed by atoms with Gasteiger partial charge in [-0.3, -0.25) is 9.59 Å². The van der Waals surface area contributed by atoms with Crippen molar-refractivity contribution in [1.29, 1.82) is 0 Å². The predicted octanol–water partition coefficient (Wildman–Crippen LogP) is 3.06. The summed E-state index contributed by atoms with van der Waals surface area (Å²) in [5.41, 5.74) is 0. The third-order valence-corrected chi connectivity index (χ3v) is 3.90. The van der Waals surface area contributed by atoms with Gasteiger partial charge in [-0.2, -0.15) is 0 Å². The fourth-order valence-electron chi connectivity index (χ4n) is 2.78. The number of nitrogens with zero attached hydrogens (tertiary/aromatic N) is 1. The first-order chi connectivity index (χ1) is 9.02. The molecule has 0 atom stereocenters. The molecule has 1 N–H and O–H groups in total. The summed E-state index contributed by atoms with van der Waals surface area (Å²) in [6.07, 6.45) is 7.47. The Morgan fingerprint density at radius 3 is 2.21 bits per heavy atom. The quantitative estimate of drug-likeness (QED) is 0.754. The zero-order chi connectivity index (χ0) is 14.3. The lowest BCUT2D eigenvalue weighted by Gasteiger charge is -2.30. The molecule has 0 saturated heterocycles. The normalized spacial score (nSPS) is 17.2. The number of carboxylic acid groups (broad SMARTS) is 1. The first-order valence-corrected chi connectivity index (χ1v) is 7.54. The Balaban J connectivity index is 2.53. The fraction of sp³-hybridized carbons (Fsp3) is 0.867. The predicted molar refractivity (Wildman–Crippen MR) is 74.9 cm³/mol. The molecule has 0 radical (unpaired) electrons. The van der Waals surface area contributed by atoms with Crippen LogP contribution in [-0.2, 0) is 9.59 Å². The zero-order valence-corrected chi connectivity index (χ0v) is 12.2. The summed E-state index contributed by atoms with van der Waals surface area (Å²) in [7, 11) is 0. The third kappa shape index (κ3) is 5.62. The number of hydrogen-bond acceptors (Lipinski definition) is 2. The molecule has 0 spiro atoms. The maximum atomic E-state index is 12.5. The van der Waals surface area contributed by atoms with Crippen LogP contribution in [0.3, 0.4) is 0 Å². The minimum absolute atomic E-state index is 0.140. The standard InChI is InChI=1S/C15H27NO3/c1-12(2)16(11-7-10-14(17)18)15(19)13-8-5-3-4-6-9-13/h12-13H,3-11H2,1-2H3,(H,17,18). The second-order valence-corrected chi connectivity index (χ2v) is 5.81. The van der Waals surface area contributed by atoms with Gasteiger partial charge in [-0.15, -0.1) is 0 Å². The van der Waals surface area contributed by atoms with E-state index in [4.69, 9.17) is 5.11 Å². The van der Waals surface area contributed by atoms with Crippen LogP contribution in [0.1, 0.15) is 65.2 Å². The molecule has 0 aromatic carbocycles. The molecule has 1 fully saturated rings. The van der Waals surface area contributed by atoms with Crippen molar-refractivity contribution in [2.24, 2.45) is 5.92 Å². The lowest BCUT2D eigenvalue weighted by molar-refractivity contribution is -0.140. The van der Waals surface area contributed by atoms with Crippen molar-refractivity contribution in [3.05, 3.63) is 0 Å². The summed E-state index contributed by atoms with van der Waals surface area (Å²) in [5.74, 6) is -0.386. The minimum atomic E-state index is -0.786. The zero-order valence-electron chi connectivity index (χ0n) is 12.2. The largest absolute Gasteiger partial charge is 0.481 e. The van der Waals surface area contributed by atoms with Gasteiger partial charge in [-0.25, -0.2) is 0 Å². The molecule has 0 unspecified atom stereocenters. The molecule has 0 aliphatic heterocycles.